The van der Waals surface area contributed by atoms with E-state index in [1.807, 2.05) is 6.92 Å². The lowest BCUT2D eigenvalue weighted by molar-refractivity contribution is 0.367. The summed E-state index contributed by atoms with van der Waals surface area (Å²) in [5, 5.41) is 3.08. The fraction of sp³-hybridized carbons (Fsp3) is 0.571. The van der Waals surface area contributed by atoms with Gasteiger partial charge in [0.05, 0.1) is 0 Å². The van der Waals surface area contributed by atoms with E-state index in [2.05, 4.69) is 5.32 Å². The van der Waals surface area contributed by atoms with Crippen LogP contribution in [0.1, 0.15) is 33.3 Å². The van der Waals surface area contributed by atoms with Crippen LogP contribution < -0.4 is 5.32 Å². The molecule has 114 valence electrons. The smallest absolute Gasteiger partial charge is 0.246 e. The molecule has 0 aromatic heterocycles. The van der Waals surface area contributed by atoms with E-state index in [-0.39, 0.29) is 10.9 Å². The predicted molar refractivity (Wildman–Crippen MR) is 78.5 cm³/mol. The van der Waals surface area contributed by atoms with Crippen LogP contribution in [0.4, 0.5) is 4.39 Å². The molecule has 0 fully saturated rings. The van der Waals surface area contributed by atoms with Gasteiger partial charge in [0.2, 0.25) is 10.0 Å². The van der Waals surface area contributed by atoms with Crippen molar-refractivity contribution in [2.45, 2.75) is 45.2 Å². The molecular weight excluding hydrogens is 279 g/mol. The number of hydrogen-bond donors (Lipinski definition) is 1. The summed E-state index contributed by atoms with van der Waals surface area (Å²) in [5.41, 5.74) is 0.732. The Morgan fingerprint density at radius 1 is 1.30 bits per heavy atom. The van der Waals surface area contributed by atoms with E-state index >= 15 is 0 Å². The van der Waals surface area contributed by atoms with E-state index in [0.29, 0.717) is 13.1 Å². The number of hydrogen-bond acceptors (Lipinski definition) is 3. The highest BCUT2D eigenvalue weighted by molar-refractivity contribution is 7.89. The van der Waals surface area contributed by atoms with Gasteiger partial charge in [-0.2, -0.15) is 4.31 Å². The monoisotopic (exact) mass is 302 g/mol. The van der Waals surface area contributed by atoms with Gasteiger partial charge in [-0.25, -0.2) is 12.8 Å². The van der Waals surface area contributed by atoms with Gasteiger partial charge in [0.25, 0.3) is 0 Å². The number of nitrogens with one attached hydrogen (secondary N) is 1. The Hall–Kier alpha value is -0.980. The second-order valence-electron chi connectivity index (χ2n) is 4.85. The van der Waals surface area contributed by atoms with Crippen molar-refractivity contribution in [3.8, 4) is 0 Å². The van der Waals surface area contributed by atoms with Crippen molar-refractivity contribution >= 4 is 10.0 Å². The molecule has 0 spiro atoms. The lowest BCUT2D eigenvalue weighted by Crippen LogP contribution is -2.37. The van der Waals surface area contributed by atoms with E-state index in [9.17, 15) is 12.8 Å². The van der Waals surface area contributed by atoms with Crippen LogP contribution in [0.25, 0.3) is 0 Å². The summed E-state index contributed by atoms with van der Waals surface area (Å²) >= 11 is 0. The van der Waals surface area contributed by atoms with Gasteiger partial charge < -0.3 is 5.32 Å². The topological polar surface area (TPSA) is 49.4 Å². The number of sulfonamides is 1. The third kappa shape index (κ3) is 3.77. The Kier molecular flexibility index (Phi) is 6.10. The van der Waals surface area contributed by atoms with Crippen LogP contribution in [0.2, 0.25) is 0 Å². The Bertz CT molecular complexity index is 544. The molecule has 0 saturated carbocycles. The van der Waals surface area contributed by atoms with Gasteiger partial charge in [-0.1, -0.05) is 19.9 Å². The van der Waals surface area contributed by atoms with E-state index in [1.54, 1.807) is 26.8 Å². The minimum atomic E-state index is -3.78. The summed E-state index contributed by atoms with van der Waals surface area (Å²) in [6.07, 6.45) is 0. The van der Waals surface area contributed by atoms with Crippen molar-refractivity contribution in [3.05, 3.63) is 29.6 Å². The zero-order chi connectivity index (χ0) is 15.3. The second kappa shape index (κ2) is 7.15. The standard InChI is InChI=1S/C14H23FN2O2S/c1-5-16-10-12-7-8-14(13(15)9-12)20(18,19)17(6-2)11(3)4/h7-9,11,16H,5-6,10H2,1-4H3. The molecule has 0 amide bonds. The van der Waals surface area contributed by atoms with Crippen molar-refractivity contribution < 1.29 is 12.8 Å². The maximum Gasteiger partial charge on any atom is 0.246 e. The highest BCUT2D eigenvalue weighted by Gasteiger charge is 2.28. The van der Waals surface area contributed by atoms with E-state index in [1.165, 1.54) is 16.4 Å². The molecule has 1 aromatic carbocycles. The Labute approximate surface area is 121 Å². The highest BCUT2D eigenvalue weighted by Crippen LogP contribution is 2.22. The lowest BCUT2D eigenvalue weighted by Gasteiger charge is -2.24. The van der Waals surface area contributed by atoms with Crippen LogP contribution in [0, 0.1) is 5.82 Å². The number of rotatable bonds is 7. The maximum atomic E-state index is 14.1. The van der Waals surface area contributed by atoms with E-state index in [0.717, 1.165) is 12.1 Å². The average molecular weight is 302 g/mol. The number of halogens is 1. The molecule has 1 rings (SSSR count). The van der Waals surface area contributed by atoms with Crippen LogP contribution >= 0.6 is 0 Å². The summed E-state index contributed by atoms with van der Waals surface area (Å²) in [5.74, 6) is -0.695. The molecule has 0 bridgehead atoms. The molecular formula is C14H23FN2O2S. The summed E-state index contributed by atoms with van der Waals surface area (Å²) in [7, 11) is -3.78. The largest absolute Gasteiger partial charge is 0.313 e. The van der Waals surface area contributed by atoms with Crippen molar-refractivity contribution in [1.82, 2.24) is 9.62 Å². The molecule has 1 N–H and O–H groups in total. The van der Waals surface area contributed by atoms with Crippen LogP contribution in [0.15, 0.2) is 23.1 Å². The maximum absolute atomic E-state index is 14.1. The molecule has 0 unspecified atom stereocenters. The van der Waals surface area contributed by atoms with Crippen LogP contribution in [0.5, 0.6) is 0 Å². The van der Waals surface area contributed by atoms with Crippen LogP contribution in [0.3, 0.4) is 0 Å². The number of nitrogens with zero attached hydrogens (tertiary/aromatic N) is 1. The first kappa shape index (κ1) is 17.1. The first-order valence-corrected chi connectivity index (χ1v) is 8.29. The first-order chi connectivity index (χ1) is 9.34. The average Bonchev–Trinajstić information content (AvgIpc) is 2.35. The van der Waals surface area contributed by atoms with E-state index < -0.39 is 15.8 Å². The highest BCUT2D eigenvalue weighted by atomic mass is 32.2. The molecule has 0 heterocycles. The molecule has 0 aliphatic rings. The first-order valence-electron chi connectivity index (χ1n) is 6.85. The molecule has 0 saturated heterocycles. The van der Waals surface area contributed by atoms with Crippen molar-refractivity contribution in [2.75, 3.05) is 13.1 Å². The second-order valence-corrected chi connectivity index (χ2v) is 6.71. The van der Waals surface area contributed by atoms with Crippen molar-refractivity contribution in [3.63, 3.8) is 0 Å². The minimum absolute atomic E-state index is 0.203. The predicted octanol–water partition coefficient (Wildman–Crippen LogP) is 2.35. The zero-order valence-corrected chi connectivity index (χ0v) is 13.3. The van der Waals surface area contributed by atoms with Gasteiger partial charge in [0, 0.05) is 19.1 Å². The third-order valence-electron chi connectivity index (χ3n) is 3.05. The quantitative estimate of drug-likeness (QED) is 0.841. The fourth-order valence-electron chi connectivity index (χ4n) is 2.07. The molecule has 0 atom stereocenters. The summed E-state index contributed by atoms with van der Waals surface area (Å²) < 4.78 is 40.2. The van der Waals surface area contributed by atoms with Crippen molar-refractivity contribution in [1.29, 1.82) is 0 Å². The van der Waals surface area contributed by atoms with Gasteiger partial charge in [0.15, 0.2) is 0 Å². The Morgan fingerprint density at radius 2 is 1.95 bits per heavy atom. The zero-order valence-electron chi connectivity index (χ0n) is 12.5. The molecule has 6 heteroatoms. The molecule has 4 nitrogen and oxygen atoms in total. The number of benzene rings is 1. The summed E-state index contributed by atoms with van der Waals surface area (Å²) in [6.45, 7) is 8.87. The molecule has 0 radical (unpaired) electrons. The van der Waals surface area contributed by atoms with Gasteiger partial charge in [-0.15, -0.1) is 0 Å². The minimum Gasteiger partial charge on any atom is -0.313 e. The Morgan fingerprint density at radius 3 is 2.40 bits per heavy atom. The Balaban J connectivity index is 3.13. The van der Waals surface area contributed by atoms with Gasteiger partial charge in [-0.05, 0) is 38.1 Å². The van der Waals surface area contributed by atoms with Gasteiger partial charge >= 0.3 is 0 Å². The lowest BCUT2D eigenvalue weighted by atomic mass is 10.2. The summed E-state index contributed by atoms with van der Waals surface area (Å²) in [6, 6.07) is 4.07. The molecule has 1 aromatic rings. The van der Waals surface area contributed by atoms with Gasteiger partial charge in [0.1, 0.15) is 10.7 Å². The summed E-state index contributed by atoms with van der Waals surface area (Å²) in [4.78, 5) is -0.256. The van der Waals surface area contributed by atoms with Crippen molar-refractivity contribution in [2.24, 2.45) is 0 Å². The molecule has 20 heavy (non-hydrogen) atoms. The molecule has 0 aliphatic carbocycles. The SMILES string of the molecule is CCNCc1ccc(S(=O)(=O)N(CC)C(C)C)c(F)c1. The third-order valence-corrected chi connectivity index (χ3v) is 5.23. The van der Waals surface area contributed by atoms with E-state index in [4.69, 9.17) is 0 Å². The molecule has 0 aliphatic heterocycles. The normalized spacial score (nSPS) is 12.3. The van der Waals surface area contributed by atoms with Crippen LogP contribution in [-0.2, 0) is 16.6 Å². The van der Waals surface area contributed by atoms with Gasteiger partial charge in [-0.3, -0.25) is 0 Å². The fourth-order valence-corrected chi connectivity index (χ4v) is 3.76. The van der Waals surface area contributed by atoms with Crippen LogP contribution in [-0.4, -0.2) is 31.9 Å².